The maximum absolute atomic E-state index is 13.4. The van der Waals surface area contributed by atoms with Gasteiger partial charge in [-0.3, -0.25) is 4.79 Å². The topological polar surface area (TPSA) is 228 Å². The molecule has 12 unspecified atom stereocenters. The van der Waals surface area contributed by atoms with Crippen LogP contribution < -0.4 is 5.32 Å². The van der Waals surface area contributed by atoms with Gasteiger partial charge in [0.1, 0.15) is 48.8 Å². The molecule has 572 valence electrons. The van der Waals surface area contributed by atoms with Crippen molar-refractivity contribution in [2.45, 2.75) is 402 Å². The highest BCUT2D eigenvalue weighted by molar-refractivity contribution is 5.76. The monoisotopic (exact) mass is 1390 g/mol. The molecule has 0 spiro atoms. The first kappa shape index (κ1) is 91.7. The molecular weight excluding hydrogens is 1240 g/mol. The van der Waals surface area contributed by atoms with Gasteiger partial charge in [0.15, 0.2) is 12.6 Å². The molecule has 0 bridgehead atoms. The summed E-state index contributed by atoms with van der Waals surface area (Å²) >= 11 is 0. The number of amides is 1. The fourth-order valence-electron chi connectivity index (χ4n) is 12.8. The largest absolute Gasteiger partial charge is 0.394 e. The van der Waals surface area contributed by atoms with Crippen LogP contribution in [0, 0.1) is 0 Å². The van der Waals surface area contributed by atoms with Crippen molar-refractivity contribution in [2.24, 2.45) is 0 Å². The Morgan fingerprint density at radius 2 is 0.707 bits per heavy atom. The lowest BCUT2D eigenvalue weighted by atomic mass is 9.97. The van der Waals surface area contributed by atoms with E-state index in [2.05, 4.69) is 116 Å². The molecular formula is C85H149NO13. The van der Waals surface area contributed by atoms with Crippen LogP contribution in [0.25, 0.3) is 0 Å². The van der Waals surface area contributed by atoms with Gasteiger partial charge >= 0.3 is 0 Å². The van der Waals surface area contributed by atoms with Gasteiger partial charge in [0.2, 0.25) is 5.91 Å². The van der Waals surface area contributed by atoms with Crippen molar-refractivity contribution in [1.82, 2.24) is 5.32 Å². The Balaban J connectivity index is 1.61. The first-order valence-corrected chi connectivity index (χ1v) is 40.6. The van der Waals surface area contributed by atoms with Crippen molar-refractivity contribution in [2.75, 3.05) is 19.8 Å². The Morgan fingerprint density at radius 3 is 1.11 bits per heavy atom. The quantitative estimate of drug-likeness (QED) is 0.0204. The molecule has 14 heteroatoms. The van der Waals surface area contributed by atoms with E-state index in [1.54, 1.807) is 6.08 Å². The van der Waals surface area contributed by atoms with Crippen LogP contribution in [0.4, 0.5) is 0 Å². The molecule has 0 aromatic carbocycles. The summed E-state index contributed by atoms with van der Waals surface area (Å²) < 4.78 is 22.9. The number of carbonyl (C=O) groups is 1. The van der Waals surface area contributed by atoms with Crippen LogP contribution in [0.1, 0.15) is 328 Å². The predicted molar refractivity (Wildman–Crippen MR) is 410 cm³/mol. The Labute approximate surface area is 604 Å². The first-order valence-electron chi connectivity index (χ1n) is 40.6. The summed E-state index contributed by atoms with van der Waals surface area (Å²) in [5.41, 5.74) is 0. The van der Waals surface area contributed by atoms with Gasteiger partial charge in [0.25, 0.3) is 0 Å². The number of carbonyl (C=O) groups excluding carboxylic acids is 1. The Kier molecular flexibility index (Phi) is 62.8. The minimum absolute atomic E-state index is 0.251. The number of allylic oxidation sites excluding steroid dienone is 17. The molecule has 0 saturated carbocycles. The predicted octanol–water partition coefficient (Wildman–Crippen LogP) is 18.6. The molecule has 2 heterocycles. The molecule has 2 saturated heterocycles. The van der Waals surface area contributed by atoms with Crippen LogP contribution in [-0.4, -0.2) is 140 Å². The lowest BCUT2D eigenvalue weighted by Gasteiger charge is -2.46. The number of hydrogen-bond acceptors (Lipinski definition) is 13. The number of nitrogens with one attached hydrogen (secondary N) is 1. The first-order chi connectivity index (χ1) is 48.6. The van der Waals surface area contributed by atoms with Crippen molar-refractivity contribution in [3.8, 4) is 0 Å². The van der Waals surface area contributed by atoms with Gasteiger partial charge in [0, 0.05) is 6.42 Å². The molecule has 2 rings (SSSR count). The summed E-state index contributed by atoms with van der Waals surface area (Å²) in [4.78, 5) is 13.4. The maximum atomic E-state index is 13.4. The molecule has 12 atom stereocenters. The molecule has 14 nitrogen and oxygen atoms in total. The number of aliphatic hydroxyl groups excluding tert-OH is 8. The normalized spacial score (nSPS) is 22.5. The van der Waals surface area contributed by atoms with E-state index in [0.717, 1.165) is 83.5 Å². The molecule has 0 aliphatic carbocycles. The third-order valence-electron chi connectivity index (χ3n) is 19.2. The number of unbranched alkanes of at least 4 members (excludes halogenated alkanes) is 38. The van der Waals surface area contributed by atoms with E-state index in [9.17, 15) is 45.6 Å². The van der Waals surface area contributed by atoms with Gasteiger partial charge < -0.3 is 65.1 Å². The van der Waals surface area contributed by atoms with Crippen LogP contribution in [0.5, 0.6) is 0 Å². The third-order valence-corrected chi connectivity index (χ3v) is 19.2. The highest BCUT2D eigenvalue weighted by Gasteiger charge is 2.51. The molecule has 1 amide bonds. The van der Waals surface area contributed by atoms with Gasteiger partial charge in [-0.1, -0.05) is 335 Å². The van der Waals surface area contributed by atoms with Gasteiger partial charge in [-0.05, 0) is 96.3 Å². The number of ether oxygens (including phenoxy) is 4. The number of rotatable bonds is 67. The van der Waals surface area contributed by atoms with Crippen molar-refractivity contribution in [1.29, 1.82) is 0 Å². The molecule has 99 heavy (non-hydrogen) atoms. The molecule has 2 fully saturated rings. The summed E-state index contributed by atoms with van der Waals surface area (Å²) in [5.74, 6) is -0.251. The molecule has 0 aromatic rings. The Hall–Kier alpha value is -3.35. The van der Waals surface area contributed by atoms with Crippen molar-refractivity contribution in [3.05, 3.63) is 109 Å². The van der Waals surface area contributed by atoms with Gasteiger partial charge in [-0.2, -0.15) is 0 Å². The van der Waals surface area contributed by atoms with E-state index in [4.69, 9.17) is 18.9 Å². The van der Waals surface area contributed by atoms with Crippen molar-refractivity contribution >= 4 is 5.91 Å². The van der Waals surface area contributed by atoms with Crippen molar-refractivity contribution < 1.29 is 64.6 Å². The van der Waals surface area contributed by atoms with Gasteiger partial charge in [-0.15, -0.1) is 0 Å². The zero-order valence-electron chi connectivity index (χ0n) is 62.7. The fraction of sp³-hybridized carbons (Fsp3) is 0.776. The van der Waals surface area contributed by atoms with Crippen LogP contribution in [0.15, 0.2) is 109 Å². The van der Waals surface area contributed by atoms with E-state index in [1.165, 1.54) is 212 Å². The van der Waals surface area contributed by atoms with E-state index in [-0.39, 0.29) is 18.9 Å². The second-order valence-corrected chi connectivity index (χ2v) is 28.1. The maximum Gasteiger partial charge on any atom is 0.220 e. The molecule has 2 aliphatic rings. The van der Waals surface area contributed by atoms with Crippen LogP contribution in [0.3, 0.4) is 0 Å². The highest BCUT2D eigenvalue weighted by atomic mass is 16.7. The van der Waals surface area contributed by atoms with E-state index in [0.29, 0.717) is 12.8 Å². The Morgan fingerprint density at radius 1 is 0.374 bits per heavy atom. The smallest absolute Gasteiger partial charge is 0.220 e. The van der Waals surface area contributed by atoms with Crippen molar-refractivity contribution in [3.63, 3.8) is 0 Å². The summed E-state index contributed by atoms with van der Waals surface area (Å²) in [6.45, 7) is 2.70. The van der Waals surface area contributed by atoms with Crippen LogP contribution >= 0.6 is 0 Å². The van der Waals surface area contributed by atoms with Crippen LogP contribution in [0.2, 0.25) is 0 Å². The SMILES string of the molecule is CC/C=C\C/C=C\C/C=C\C/C=C\C/C=C\C/C=C\CCCCCCCCCCCCCCCCCCCCCCC(=O)NC(COC1OC(CO)C(OC2OC(CO)C(O)C(O)C2O)C(O)C1O)C(O)/C=C/CC/C=C/CC/C=C/CCCCCCCCCCCCCCCCCC. The average molecular weight is 1390 g/mol. The highest BCUT2D eigenvalue weighted by Crippen LogP contribution is 2.30. The molecule has 0 radical (unpaired) electrons. The lowest BCUT2D eigenvalue weighted by Crippen LogP contribution is -2.65. The minimum Gasteiger partial charge on any atom is -0.394 e. The Bertz CT molecular complexity index is 2080. The molecule has 0 aromatic heterocycles. The van der Waals surface area contributed by atoms with Gasteiger partial charge in [-0.25, -0.2) is 0 Å². The molecule has 2 aliphatic heterocycles. The summed E-state index contributed by atoms with van der Waals surface area (Å²) in [6, 6.07) is -0.944. The minimum atomic E-state index is -1.80. The summed E-state index contributed by atoms with van der Waals surface area (Å²) in [5, 5.41) is 87.6. The summed E-state index contributed by atoms with van der Waals surface area (Å²) in [6.07, 6.45) is 81.7. The van der Waals surface area contributed by atoms with E-state index in [1.807, 2.05) is 6.08 Å². The van der Waals surface area contributed by atoms with E-state index < -0.39 is 86.8 Å². The second kappa shape index (κ2) is 67.8. The molecule has 9 N–H and O–H groups in total. The number of hydrogen-bond donors (Lipinski definition) is 9. The second-order valence-electron chi connectivity index (χ2n) is 28.1. The average Bonchev–Trinajstić information content (AvgIpc) is 0.794. The summed E-state index contributed by atoms with van der Waals surface area (Å²) in [7, 11) is 0. The zero-order chi connectivity index (χ0) is 71.5. The third kappa shape index (κ3) is 50.7. The fourth-order valence-corrected chi connectivity index (χ4v) is 12.8. The number of aliphatic hydroxyl groups is 8. The van der Waals surface area contributed by atoms with Gasteiger partial charge in [0.05, 0.1) is 32.0 Å². The lowest BCUT2D eigenvalue weighted by molar-refractivity contribution is -0.359. The zero-order valence-corrected chi connectivity index (χ0v) is 62.7. The van der Waals surface area contributed by atoms with E-state index >= 15 is 0 Å². The standard InChI is InChI=1S/C85H149NO13/c1-3-5-7-9-11-13-15-17-19-21-23-25-27-29-31-32-33-34-35-36-37-38-39-40-41-42-43-45-47-49-51-53-55-57-59-61-63-65-67-69-77(90)86-73(72-96-84-82(95)80(93)83(76(71-88)98-84)99-85-81(94)79(92)78(91)75(70-87)97-85)74(89)68-66-64-62-60-58-56-54-52-50-48-46-44-30-28-26-24-22-20-18-16-14-12-10-8-6-4-2/h5,7,11,13,17,19,23,25,29,31,33-34,50,52,58,60,66,68,73-76,78-85,87-89,91-95H,3-4,6,8-10,12,14-16,18,20-22,24,26-28,30,32,35-49,51,53-57,59,61-65,67,69-72H2,1-2H3,(H,86,90)/b7-5-,13-11-,19-17-,25-23-,31-29-,34-33-,52-50+,60-58+,68-66+. The van der Waals surface area contributed by atoms with Crippen LogP contribution in [-0.2, 0) is 23.7 Å².